The van der Waals surface area contributed by atoms with Crippen molar-refractivity contribution in [3.05, 3.63) is 47.4 Å². The van der Waals surface area contributed by atoms with Gasteiger partial charge < -0.3 is 10.0 Å². The predicted octanol–water partition coefficient (Wildman–Crippen LogP) is 1.22. The lowest BCUT2D eigenvalue weighted by atomic mass is 9.81. The molecule has 2 rings (SSSR count). The van der Waals surface area contributed by atoms with Crippen LogP contribution in [-0.4, -0.2) is 22.2 Å². The first-order valence-corrected chi connectivity index (χ1v) is 5.23. The maximum atomic E-state index is 12.8. The number of benzene rings is 1. The van der Waals surface area contributed by atoms with E-state index in [9.17, 15) is 4.39 Å². The summed E-state index contributed by atoms with van der Waals surface area (Å²) in [6.07, 6.45) is 1.31. The van der Waals surface area contributed by atoms with Crippen molar-refractivity contribution in [2.45, 2.75) is 0 Å². The molecule has 1 heterocycles. The molecule has 0 unspecified atom stereocenters. The predicted molar refractivity (Wildman–Crippen MR) is 64.5 cm³/mol. The molecule has 0 atom stereocenters. The molecule has 0 saturated carbocycles. The van der Waals surface area contributed by atoms with Gasteiger partial charge in [-0.25, -0.2) is 4.39 Å². The maximum absolute atomic E-state index is 12.8. The van der Waals surface area contributed by atoms with Crippen molar-refractivity contribution in [2.24, 2.45) is 0 Å². The highest BCUT2D eigenvalue weighted by Crippen LogP contribution is 2.24. The molecule has 0 amide bonds. The molecule has 2 N–H and O–H groups in total. The largest absolute Gasteiger partial charge is 0.490 e. The highest BCUT2D eigenvalue weighted by Gasteiger charge is 2.14. The molecule has 86 valence electrons. The van der Waals surface area contributed by atoms with Gasteiger partial charge in [0, 0.05) is 17.2 Å². The van der Waals surface area contributed by atoms with E-state index in [1.807, 2.05) is 0 Å². The average molecular weight is 251 g/mol. The van der Waals surface area contributed by atoms with Crippen LogP contribution in [0, 0.1) is 5.82 Å². The van der Waals surface area contributed by atoms with Gasteiger partial charge >= 0.3 is 7.12 Å². The number of hydrogen-bond donors (Lipinski definition) is 2. The van der Waals surface area contributed by atoms with Crippen molar-refractivity contribution in [2.75, 3.05) is 0 Å². The quantitative estimate of drug-likeness (QED) is 0.789. The lowest BCUT2D eigenvalue weighted by Crippen LogP contribution is -2.30. The zero-order valence-electron chi connectivity index (χ0n) is 8.64. The van der Waals surface area contributed by atoms with Crippen LogP contribution in [0.5, 0.6) is 0 Å². The van der Waals surface area contributed by atoms with E-state index in [1.54, 1.807) is 12.1 Å². The summed E-state index contributed by atoms with van der Waals surface area (Å²) in [5.41, 5.74) is 1.34. The van der Waals surface area contributed by atoms with Gasteiger partial charge in [0.15, 0.2) is 0 Å². The van der Waals surface area contributed by atoms with Crippen molar-refractivity contribution in [3.63, 3.8) is 0 Å². The van der Waals surface area contributed by atoms with Crippen molar-refractivity contribution >= 4 is 24.2 Å². The smallest absolute Gasteiger partial charge is 0.423 e. The zero-order valence-corrected chi connectivity index (χ0v) is 9.39. The number of aromatic nitrogens is 1. The molecule has 0 bridgehead atoms. The number of pyridine rings is 1. The lowest BCUT2D eigenvalue weighted by molar-refractivity contribution is 0.425. The first kappa shape index (κ1) is 12.0. The third-order valence-electron chi connectivity index (χ3n) is 2.28. The summed E-state index contributed by atoms with van der Waals surface area (Å²) in [6, 6.07) is 7.14. The molecule has 6 heteroatoms. The molecule has 3 nitrogen and oxygen atoms in total. The number of rotatable bonds is 2. The fourth-order valence-electron chi connectivity index (χ4n) is 1.41. The van der Waals surface area contributed by atoms with Crippen molar-refractivity contribution in [1.29, 1.82) is 0 Å². The lowest BCUT2D eigenvalue weighted by Gasteiger charge is -2.05. The van der Waals surface area contributed by atoms with Crippen LogP contribution in [0.4, 0.5) is 4.39 Å². The molecule has 2 aromatic rings. The molecule has 0 aliphatic carbocycles. The van der Waals surface area contributed by atoms with Gasteiger partial charge in [-0.15, -0.1) is 0 Å². The molecule has 0 radical (unpaired) electrons. The average Bonchev–Trinajstić information content (AvgIpc) is 2.30. The van der Waals surface area contributed by atoms with E-state index in [1.165, 1.54) is 24.4 Å². The molecule has 0 fully saturated rings. The number of halogens is 2. The Morgan fingerprint density at radius 1 is 1.18 bits per heavy atom. The molecular weight excluding hydrogens is 243 g/mol. The van der Waals surface area contributed by atoms with E-state index >= 15 is 0 Å². The Balaban J connectivity index is 2.43. The van der Waals surface area contributed by atoms with E-state index in [4.69, 9.17) is 21.6 Å². The monoisotopic (exact) mass is 251 g/mol. The molecular formula is C11H8BClFNO2. The molecule has 0 aliphatic rings. The van der Waals surface area contributed by atoms with Gasteiger partial charge in [0.2, 0.25) is 0 Å². The Hall–Kier alpha value is -1.43. The Morgan fingerprint density at radius 2 is 1.82 bits per heavy atom. The number of nitrogens with zero attached hydrogens (tertiary/aromatic N) is 1. The summed E-state index contributed by atoms with van der Waals surface area (Å²) in [7, 11) is -1.61. The highest BCUT2D eigenvalue weighted by molar-refractivity contribution is 6.59. The Labute approximate surface area is 103 Å². The van der Waals surface area contributed by atoms with Gasteiger partial charge in [0.25, 0.3) is 0 Å². The molecule has 0 aliphatic heterocycles. The van der Waals surface area contributed by atoms with Gasteiger partial charge in [-0.3, -0.25) is 4.98 Å². The normalized spacial score (nSPS) is 10.4. The Kier molecular flexibility index (Phi) is 3.42. The summed E-state index contributed by atoms with van der Waals surface area (Å²) < 4.78 is 12.8. The minimum atomic E-state index is -1.61. The second-order valence-corrected chi connectivity index (χ2v) is 3.89. The van der Waals surface area contributed by atoms with Crippen LogP contribution in [0.25, 0.3) is 11.3 Å². The number of hydrogen-bond acceptors (Lipinski definition) is 3. The topological polar surface area (TPSA) is 53.4 Å². The van der Waals surface area contributed by atoms with Crippen LogP contribution >= 0.6 is 11.6 Å². The van der Waals surface area contributed by atoms with Crippen LogP contribution in [0.2, 0.25) is 5.02 Å². The SMILES string of the molecule is OB(O)c1cnc(-c2ccc(F)cc2)c(Cl)c1. The van der Waals surface area contributed by atoms with Crippen LogP contribution in [0.3, 0.4) is 0 Å². The molecule has 0 spiro atoms. The van der Waals surface area contributed by atoms with E-state index < -0.39 is 7.12 Å². The summed E-state index contributed by atoms with van der Waals surface area (Å²) >= 11 is 5.97. The van der Waals surface area contributed by atoms with E-state index in [0.29, 0.717) is 11.3 Å². The minimum absolute atomic E-state index is 0.209. The summed E-state index contributed by atoms with van der Waals surface area (Å²) in [5.74, 6) is -0.340. The maximum Gasteiger partial charge on any atom is 0.490 e. The van der Waals surface area contributed by atoms with Crippen molar-refractivity contribution in [1.82, 2.24) is 4.98 Å². The van der Waals surface area contributed by atoms with E-state index in [2.05, 4.69) is 4.98 Å². The second-order valence-electron chi connectivity index (χ2n) is 3.48. The van der Waals surface area contributed by atoms with Crippen LogP contribution in [0.15, 0.2) is 36.5 Å². The van der Waals surface area contributed by atoms with E-state index in [-0.39, 0.29) is 16.3 Å². The Morgan fingerprint density at radius 3 is 2.35 bits per heavy atom. The summed E-state index contributed by atoms with van der Waals surface area (Å²) in [6.45, 7) is 0. The van der Waals surface area contributed by atoms with Crippen LogP contribution < -0.4 is 5.46 Å². The standard InChI is InChI=1S/C11H8BClFNO2/c13-10-5-8(12(16)17)6-15-11(10)7-1-3-9(14)4-2-7/h1-6,16-17H. The summed E-state index contributed by atoms with van der Waals surface area (Å²) in [4.78, 5) is 4.02. The minimum Gasteiger partial charge on any atom is -0.423 e. The fourth-order valence-corrected chi connectivity index (χ4v) is 1.70. The Bertz CT molecular complexity index is 533. The van der Waals surface area contributed by atoms with Gasteiger partial charge in [-0.1, -0.05) is 11.6 Å². The van der Waals surface area contributed by atoms with Gasteiger partial charge in [0.05, 0.1) is 10.7 Å². The van der Waals surface area contributed by atoms with Gasteiger partial charge in [0.1, 0.15) is 5.82 Å². The highest BCUT2D eigenvalue weighted by atomic mass is 35.5. The molecule has 1 aromatic carbocycles. The summed E-state index contributed by atoms with van der Waals surface area (Å²) in [5, 5.41) is 18.2. The van der Waals surface area contributed by atoms with Crippen LogP contribution in [-0.2, 0) is 0 Å². The van der Waals surface area contributed by atoms with E-state index in [0.717, 1.165) is 0 Å². The zero-order chi connectivity index (χ0) is 12.4. The van der Waals surface area contributed by atoms with Crippen molar-refractivity contribution in [3.8, 4) is 11.3 Å². The first-order chi connectivity index (χ1) is 8.08. The van der Waals surface area contributed by atoms with Gasteiger partial charge in [-0.2, -0.15) is 0 Å². The van der Waals surface area contributed by atoms with Crippen LogP contribution in [0.1, 0.15) is 0 Å². The third-order valence-corrected chi connectivity index (χ3v) is 2.57. The molecule has 1 aromatic heterocycles. The van der Waals surface area contributed by atoms with Gasteiger partial charge in [-0.05, 0) is 30.3 Å². The third kappa shape index (κ3) is 2.63. The molecule has 17 heavy (non-hydrogen) atoms. The first-order valence-electron chi connectivity index (χ1n) is 4.85. The second kappa shape index (κ2) is 4.83. The van der Waals surface area contributed by atoms with Crippen molar-refractivity contribution < 1.29 is 14.4 Å². The molecule has 0 saturated heterocycles. The fraction of sp³-hybridized carbons (Fsp3) is 0.